The minimum absolute atomic E-state index is 0.640. The molecule has 0 saturated heterocycles. The SMILES string of the molecule is C=C/C(=C\c1c(C)c2ccc(-c3ccccc3)cc2n1-c1cccc(-c2cc(-c3nc(-c4ccccc4)nc(-c4ccccc4)n3)c3sc4ccccc4c3c2)c1)c1ccccc1. The van der Waals surface area contributed by atoms with Crippen molar-refractivity contribution >= 4 is 54.1 Å². The summed E-state index contributed by atoms with van der Waals surface area (Å²) in [5.41, 5.74) is 14.1. The smallest absolute Gasteiger partial charge is 0.165 e. The van der Waals surface area contributed by atoms with Gasteiger partial charge in [0.2, 0.25) is 0 Å². The molecular formula is C58H40N4S. The molecule has 0 aliphatic carbocycles. The van der Waals surface area contributed by atoms with Crippen LogP contribution in [0.5, 0.6) is 0 Å². The molecule has 3 heterocycles. The summed E-state index contributed by atoms with van der Waals surface area (Å²) in [5.74, 6) is 1.92. The zero-order valence-corrected chi connectivity index (χ0v) is 35.4. The number of benzene rings is 8. The molecule has 0 aliphatic rings. The van der Waals surface area contributed by atoms with Gasteiger partial charge in [0.15, 0.2) is 17.5 Å². The van der Waals surface area contributed by atoms with E-state index >= 15 is 0 Å². The molecule has 0 aliphatic heterocycles. The molecule has 5 heteroatoms. The Kier molecular flexibility index (Phi) is 9.72. The Morgan fingerprint density at radius 1 is 0.492 bits per heavy atom. The fourth-order valence-corrected chi connectivity index (χ4v) is 9.88. The van der Waals surface area contributed by atoms with E-state index in [2.05, 4.69) is 188 Å². The second kappa shape index (κ2) is 16.1. The zero-order valence-electron chi connectivity index (χ0n) is 34.6. The van der Waals surface area contributed by atoms with E-state index in [-0.39, 0.29) is 0 Å². The molecule has 0 amide bonds. The van der Waals surface area contributed by atoms with E-state index in [9.17, 15) is 0 Å². The number of thiophene rings is 1. The molecule has 0 bridgehead atoms. The van der Waals surface area contributed by atoms with Crippen LogP contribution in [0.1, 0.15) is 16.8 Å². The van der Waals surface area contributed by atoms with Crippen molar-refractivity contribution in [1.82, 2.24) is 19.5 Å². The number of aryl methyl sites for hydroxylation is 1. The van der Waals surface area contributed by atoms with Gasteiger partial charge in [-0.3, -0.25) is 0 Å². The van der Waals surface area contributed by atoms with Gasteiger partial charge in [-0.05, 0) is 88.4 Å². The second-order valence-corrected chi connectivity index (χ2v) is 16.8. The van der Waals surface area contributed by atoms with Crippen LogP contribution in [-0.2, 0) is 0 Å². The predicted octanol–water partition coefficient (Wildman–Crippen LogP) is 15.6. The van der Waals surface area contributed by atoms with Gasteiger partial charge in [0.05, 0.1) is 11.2 Å². The third-order valence-electron chi connectivity index (χ3n) is 11.9. The third-order valence-corrected chi connectivity index (χ3v) is 13.1. The number of nitrogens with zero attached hydrogens (tertiary/aromatic N) is 4. The van der Waals surface area contributed by atoms with Crippen LogP contribution in [-0.4, -0.2) is 19.5 Å². The molecule has 0 radical (unpaired) electrons. The van der Waals surface area contributed by atoms with E-state index in [1.807, 2.05) is 42.5 Å². The Balaban J connectivity index is 1.14. The molecule has 0 spiro atoms. The average Bonchev–Trinajstić information content (AvgIpc) is 3.87. The van der Waals surface area contributed by atoms with E-state index < -0.39 is 0 Å². The lowest BCUT2D eigenvalue weighted by Gasteiger charge is -2.14. The minimum Gasteiger partial charge on any atom is -0.310 e. The van der Waals surface area contributed by atoms with E-state index in [0.29, 0.717) is 17.5 Å². The maximum atomic E-state index is 5.23. The number of fused-ring (bicyclic) bond motifs is 4. The molecule has 0 atom stereocenters. The summed E-state index contributed by atoms with van der Waals surface area (Å²) in [6.45, 7) is 6.49. The maximum Gasteiger partial charge on any atom is 0.165 e. The number of allylic oxidation sites excluding steroid dienone is 2. The molecule has 0 N–H and O–H groups in total. The first-order valence-electron chi connectivity index (χ1n) is 21.1. The van der Waals surface area contributed by atoms with Crippen LogP contribution in [0.15, 0.2) is 213 Å². The van der Waals surface area contributed by atoms with Crippen molar-refractivity contribution in [2.75, 3.05) is 0 Å². The highest BCUT2D eigenvalue weighted by Crippen LogP contribution is 2.43. The Morgan fingerprint density at radius 3 is 1.76 bits per heavy atom. The molecule has 8 aromatic carbocycles. The first-order valence-corrected chi connectivity index (χ1v) is 21.9. The summed E-state index contributed by atoms with van der Waals surface area (Å²) >= 11 is 1.78. The minimum atomic E-state index is 0.640. The summed E-state index contributed by atoms with van der Waals surface area (Å²) in [4.78, 5) is 15.5. The van der Waals surface area contributed by atoms with Gasteiger partial charge in [-0.15, -0.1) is 11.3 Å². The average molecular weight is 825 g/mol. The van der Waals surface area contributed by atoms with Gasteiger partial charge >= 0.3 is 0 Å². The van der Waals surface area contributed by atoms with Crippen molar-refractivity contribution in [2.24, 2.45) is 0 Å². The first-order chi connectivity index (χ1) is 31.1. The topological polar surface area (TPSA) is 43.6 Å². The maximum absolute atomic E-state index is 5.23. The monoisotopic (exact) mass is 824 g/mol. The highest BCUT2D eigenvalue weighted by molar-refractivity contribution is 7.26. The zero-order chi connectivity index (χ0) is 42.3. The Morgan fingerprint density at radius 2 is 1.08 bits per heavy atom. The first kappa shape index (κ1) is 38.0. The standard InChI is InChI=1S/C58H40N4S/c1-3-39(40-19-8-4-9-20-40)36-52-38(2)48-32-31-45(41-21-10-5-11-22-41)37-53(48)62(52)47-28-18-27-44(33-47)46-34-50-49-29-16-17-30-54(49)63-55(50)51(35-46)58-60-56(42-23-12-6-13-24-42)59-57(61-58)43-25-14-7-15-26-43/h3-37H,1H2,2H3/b39-36+. The highest BCUT2D eigenvalue weighted by Gasteiger charge is 2.21. The molecule has 298 valence electrons. The highest BCUT2D eigenvalue weighted by atomic mass is 32.1. The number of hydrogen-bond acceptors (Lipinski definition) is 4. The van der Waals surface area contributed by atoms with Gasteiger partial charge in [-0.1, -0.05) is 176 Å². The fourth-order valence-electron chi connectivity index (χ4n) is 8.68. The quantitative estimate of drug-likeness (QED) is 0.136. The lowest BCUT2D eigenvalue weighted by atomic mass is 9.98. The third kappa shape index (κ3) is 7.04. The lowest BCUT2D eigenvalue weighted by Crippen LogP contribution is -2.00. The Hall–Kier alpha value is -7.99. The van der Waals surface area contributed by atoms with Crippen LogP contribution in [0.2, 0.25) is 0 Å². The molecule has 11 aromatic rings. The van der Waals surface area contributed by atoms with Crippen molar-refractivity contribution in [3.8, 4) is 62.1 Å². The molecule has 63 heavy (non-hydrogen) atoms. The largest absolute Gasteiger partial charge is 0.310 e. The molecule has 0 unspecified atom stereocenters. The Labute approximate surface area is 370 Å². The summed E-state index contributed by atoms with van der Waals surface area (Å²) in [6, 6.07) is 70.5. The van der Waals surface area contributed by atoms with Gasteiger partial charge in [0.1, 0.15) is 0 Å². The van der Waals surface area contributed by atoms with E-state index in [1.165, 1.54) is 37.5 Å². The number of hydrogen-bond donors (Lipinski definition) is 0. The summed E-state index contributed by atoms with van der Waals surface area (Å²) in [6.07, 6.45) is 4.24. The van der Waals surface area contributed by atoms with Crippen molar-refractivity contribution in [3.05, 3.63) is 230 Å². The summed E-state index contributed by atoms with van der Waals surface area (Å²) < 4.78 is 4.78. The van der Waals surface area contributed by atoms with Crippen LogP contribution in [0.3, 0.4) is 0 Å². The van der Waals surface area contributed by atoms with Crippen LogP contribution >= 0.6 is 11.3 Å². The predicted molar refractivity (Wildman–Crippen MR) is 266 cm³/mol. The van der Waals surface area contributed by atoms with Crippen molar-refractivity contribution in [2.45, 2.75) is 6.92 Å². The molecular weight excluding hydrogens is 785 g/mol. The molecule has 3 aromatic heterocycles. The van der Waals surface area contributed by atoms with Crippen molar-refractivity contribution in [3.63, 3.8) is 0 Å². The number of rotatable bonds is 9. The normalized spacial score (nSPS) is 11.7. The fraction of sp³-hybridized carbons (Fsp3) is 0.0172. The van der Waals surface area contributed by atoms with Crippen LogP contribution < -0.4 is 0 Å². The Bertz CT molecular complexity index is 3460. The van der Waals surface area contributed by atoms with Crippen LogP contribution in [0, 0.1) is 6.92 Å². The molecule has 4 nitrogen and oxygen atoms in total. The molecule has 0 fully saturated rings. The van der Waals surface area contributed by atoms with Crippen molar-refractivity contribution in [1.29, 1.82) is 0 Å². The summed E-state index contributed by atoms with van der Waals surface area (Å²) in [7, 11) is 0. The summed E-state index contributed by atoms with van der Waals surface area (Å²) in [5, 5.41) is 3.59. The van der Waals surface area contributed by atoms with Gasteiger partial charge in [-0.25, -0.2) is 15.0 Å². The van der Waals surface area contributed by atoms with Gasteiger partial charge < -0.3 is 4.57 Å². The molecule has 0 saturated carbocycles. The van der Waals surface area contributed by atoms with E-state index in [4.69, 9.17) is 15.0 Å². The van der Waals surface area contributed by atoms with Crippen LogP contribution in [0.25, 0.3) is 105 Å². The molecule has 11 rings (SSSR count). The van der Waals surface area contributed by atoms with Gasteiger partial charge in [0.25, 0.3) is 0 Å². The number of aromatic nitrogens is 4. The van der Waals surface area contributed by atoms with Gasteiger partial charge in [-0.2, -0.15) is 0 Å². The van der Waals surface area contributed by atoms with Gasteiger partial charge in [0, 0.05) is 47.9 Å². The van der Waals surface area contributed by atoms with E-state index in [1.54, 1.807) is 11.3 Å². The second-order valence-electron chi connectivity index (χ2n) is 15.7. The van der Waals surface area contributed by atoms with Crippen molar-refractivity contribution < 1.29 is 0 Å². The van der Waals surface area contributed by atoms with E-state index in [0.717, 1.165) is 60.6 Å². The van der Waals surface area contributed by atoms with Crippen LogP contribution in [0.4, 0.5) is 0 Å². The lowest BCUT2D eigenvalue weighted by molar-refractivity contribution is 1.08.